The van der Waals surface area contributed by atoms with E-state index in [0.29, 0.717) is 0 Å². The molecule has 54 valence electrons. The van der Waals surface area contributed by atoms with Gasteiger partial charge in [0.25, 0.3) is 0 Å². The number of nitrogens with one attached hydrogen (secondary N) is 1. The van der Waals surface area contributed by atoms with E-state index in [1.807, 2.05) is 6.92 Å². The van der Waals surface area contributed by atoms with Gasteiger partial charge < -0.3 is 10.1 Å². The zero-order chi connectivity index (χ0) is 7.11. The van der Waals surface area contributed by atoms with Crippen LogP contribution in [0.1, 0.15) is 13.3 Å². The van der Waals surface area contributed by atoms with E-state index in [9.17, 15) is 4.79 Å². The largest absolute Gasteiger partial charge is 0.307 e. The SMILES string of the molecule is CC[C@@H](C=O)NCCI. The van der Waals surface area contributed by atoms with Crippen LogP contribution in [0.5, 0.6) is 0 Å². The van der Waals surface area contributed by atoms with E-state index < -0.39 is 0 Å². The summed E-state index contributed by atoms with van der Waals surface area (Å²) in [6, 6.07) is 0.0692. The van der Waals surface area contributed by atoms with Crippen molar-refractivity contribution in [1.82, 2.24) is 5.32 Å². The highest BCUT2D eigenvalue weighted by Gasteiger charge is 1.99. The summed E-state index contributed by atoms with van der Waals surface area (Å²) in [5.41, 5.74) is 0. The molecule has 0 aromatic heterocycles. The summed E-state index contributed by atoms with van der Waals surface area (Å²) in [6.07, 6.45) is 1.85. The Morgan fingerprint density at radius 3 is 2.78 bits per heavy atom. The van der Waals surface area contributed by atoms with Crippen molar-refractivity contribution in [1.29, 1.82) is 0 Å². The molecule has 0 rings (SSSR count). The second kappa shape index (κ2) is 6.48. The van der Waals surface area contributed by atoms with Gasteiger partial charge in [-0.3, -0.25) is 0 Å². The summed E-state index contributed by atoms with van der Waals surface area (Å²) < 4.78 is 1.06. The number of aldehydes is 1. The van der Waals surface area contributed by atoms with Gasteiger partial charge in [0.1, 0.15) is 6.29 Å². The number of hydrogen-bond donors (Lipinski definition) is 1. The van der Waals surface area contributed by atoms with Crippen LogP contribution in [0.25, 0.3) is 0 Å². The molecule has 0 bridgehead atoms. The van der Waals surface area contributed by atoms with Crippen LogP contribution in [0.15, 0.2) is 0 Å². The minimum absolute atomic E-state index is 0.0692. The first-order valence-corrected chi connectivity index (χ1v) is 4.62. The van der Waals surface area contributed by atoms with E-state index in [2.05, 4.69) is 27.9 Å². The Balaban J connectivity index is 3.20. The van der Waals surface area contributed by atoms with Crippen molar-refractivity contribution in [2.75, 3.05) is 11.0 Å². The molecule has 0 aliphatic heterocycles. The van der Waals surface area contributed by atoms with Gasteiger partial charge >= 0.3 is 0 Å². The summed E-state index contributed by atoms with van der Waals surface area (Å²) >= 11 is 2.28. The lowest BCUT2D eigenvalue weighted by Gasteiger charge is -2.06. The zero-order valence-corrected chi connectivity index (χ0v) is 7.72. The highest BCUT2D eigenvalue weighted by Crippen LogP contribution is 1.85. The standard InChI is InChI=1S/C6H12INO/c1-2-6(5-9)8-4-3-7/h5-6,8H,2-4H2,1H3/t6-/m0/s1. The summed E-state index contributed by atoms with van der Waals surface area (Å²) in [5, 5.41) is 3.09. The van der Waals surface area contributed by atoms with Gasteiger partial charge in [0.2, 0.25) is 0 Å². The molecule has 0 saturated carbocycles. The Morgan fingerprint density at radius 2 is 2.44 bits per heavy atom. The maximum absolute atomic E-state index is 10.2. The predicted octanol–water partition coefficient (Wildman–Crippen LogP) is 0.989. The lowest BCUT2D eigenvalue weighted by molar-refractivity contribution is -0.109. The Kier molecular flexibility index (Phi) is 6.74. The van der Waals surface area contributed by atoms with Gasteiger partial charge in [-0.25, -0.2) is 0 Å². The number of carbonyl (C=O) groups is 1. The normalized spacial score (nSPS) is 13.1. The molecule has 0 aliphatic rings. The van der Waals surface area contributed by atoms with E-state index in [-0.39, 0.29) is 6.04 Å². The molecule has 0 fully saturated rings. The highest BCUT2D eigenvalue weighted by molar-refractivity contribution is 14.1. The molecule has 0 aromatic rings. The minimum Gasteiger partial charge on any atom is -0.307 e. The molecule has 1 atom stereocenters. The minimum atomic E-state index is 0.0692. The molecule has 0 amide bonds. The second-order valence-corrected chi connectivity index (χ2v) is 2.87. The third-order valence-corrected chi connectivity index (χ3v) is 1.64. The number of alkyl halides is 1. The van der Waals surface area contributed by atoms with Crippen LogP contribution in [0.2, 0.25) is 0 Å². The highest BCUT2D eigenvalue weighted by atomic mass is 127. The Bertz CT molecular complexity index is 77.5. The fourth-order valence-electron chi connectivity index (χ4n) is 0.529. The summed E-state index contributed by atoms with van der Waals surface area (Å²) in [6.45, 7) is 2.93. The van der Waals surface area contributed by atoms with Crippen molar-refractivity contribution in [3.63, 3.8) is 0 Å². The molecule has 0 radical (unpaired) electrons. The van der Waals surface area contributed by atoms with Crippen molar-refractivity contribution in [2.24, 2.45) is 0 Å². The van der Waals surface area contributed by atoms with Crippen LogP contribution in [-0.4, -0.2) is 23.3 Å². The maximum Gasteiger partial charge on any atom is 0.136 e. The Labute approximate surface area is 69.5 Å². The first-order chi connectivity index (χ1) is 4.35. The molecule has 0 spiro atoms. The van der Waals surface area contributed by atoms with E-state index in [1.165, 1.54) is 0 Å². The topological polar surface area (TPSA) is 29.1 Å². The maximum atomic E-state index is 10.2. The Hall–Kier alpha value is 0.360. The van der Waals surface area contributed by atoms with Crippen molar-refractivity contribution in [2.45, 2.75) is 19.4 Å². The van der Waals surface area contributed by atoms with E-state index in [4.69, 9.17) is 0 Å². The monoisotopic (exact) mass is 241 g/mol. The van der Waals surface area contributed by atoms with Crippen molar-refractivity contribution in [3.05, 3.63) is 0 Å². The van der Waals surface area contributed by atoms with Gasteiger partial charge in [0, 0.05) is 11.0 Å². The van der Waals surface area contributed by atoms with Gasteiger partial charge in [0.15, 0.2) is 0 Å². The smallest absolute Gasteiger partial charge is 0.136 e. The third kappa shape index (κ3) is 4.84. The van der Waals surface area contributed by atoms with Gasteiger partial charge in [-0.1, -0.05) is 29.5 Å². The number of hydrogen-bond acceptors (Lipinski definition) is 2. The molecule has 0 unspecified atom stereocenters. The summed E-state index contributed by atoms with van der Waals surface area (Å²) in [7, 11) is 0. The van der Waals surface area contributed by atoms with Gasteiger partial charge in [-0.15, -0.1) is 0 Å². The number of carbonyl (C=O) groups excluding carboxylic acids is 1. The van der Waals surface area contributed by atoms with Gasteiger partial charge in [0.05, 0.1) is 6.04 Å². The molecule has 3 heteroatoms. The average Bonchev–Trinajstić information content (AvgIpc) is 1.91. The number of rotatable bonds is 5. The molecular weight excluding hydrogens is 229 g/mol. The second-order valence-electron chi connectivity index (χ2n) is 1.79. The summed E-state index contributed by atoms with van der Waals surface area (Å²) in [5.74, 6) is 0. The fourth-order valence-corrected chi connectivity index (χ4v) is 0.840. The molecule has 0 aliphatic carbocycles. The van der Waals surface area contributed by atoms with E-state index in [1.54, 1.807) is 0 Å². The van der Waals surface area contributed by atoms with E-state index in [0.717, 1.165) is 23.7 Å². The van der Waals surface area contributed by atoms with Crippen molar-refractivity contribution in [3.8, 4) is 0 Å². The first-order valence-electron chi connectivity index (χ1n) is 3.09. The third-order valence-electron chi connectivity index (χ3n) is 1.11. The van der Waals surface area contributed by atoms with Gasteiger partial charge in [-0.2, -0.15) is 0 Å². The van der Waals surface area contributed by atoms with Crippen LogP contribution < -0.4 is 5.32 Å². The average molecular weight is 241 g/mol. The van der Waals surface area contributed by atoms with Crippen LogP contribution in [0.3, 0.4) is 0 Å². The zero-order valence-electron chi connectivity index (χ0n) is 5.56. The molecule has 2 nitrogen and oxygen atoms in total. The Morgan fingerprint density at radius 1 is 1.78 bits per heavy atom. The molecule has 0 heterocycles. The van der Waals surface area contributed by atoms with Crippen LogP contribution in [0, 0.1) is 0 Å². The van der Waals surface area contributed by atoms with Crippen molar-refractivity contribution < 1.29 is 4.79 Å². The first kappa shape index (κ1) is 9.36. The molecule has 9 heavy (non-hydrogen) atoms. The van der Waals surface area contributed by atoms with Crippen LogP contribution in [0.4, 0.5) is 0 Å². The molecule has 0 aromatic carbocycles. The fraction of sp³-hybridized carbons (Fsp3) is 0.833. The van der Waals surface area contributed by atoms with Crippen LogP contribution in [-0.2, 0) is 4.79 Å². The van der Waals surface area contributed by atoms with Gasteiger partial charge in [-0.05, 0) is 6.42 Å². The lowest BCUT2D eigenvalue weighted by atomic mass is 10.2. The number of halogens is 1. The van der Waals surface area contributed by atoms with Crippen molar-refractivity contribution >= 4 is 28.9 Å². The van der Waals surface area contributed by atoms with Crippen LogP contribution >= 0.6 is 22.6 Å². The molecule has 0 saturated heterocycles. The summed E-state index contributed by atoms with van der Waals surface area (Å²) in [4.78, 5) is 10.2. The molecule has 1 N–H and O–H groups in total. The lowest BCUT2D eigenvalue weighted by Crippen LogP contribution is -2.30. The predicted molar refractivity (Wildman–Crippen MR) is 47.0 cm³/mol. The van der Waals surface area contributed by atoms with E-state index >= 15 is 0 Å². The molecular formula is C6H12INO. The quantitative estimate of drug-likeness (QED) is 0.441.